The van der Waals surface area contributed by atoms with Gasteiger partial charge in [0.2, 0.25) is 0 Å². The number of nitrogens with one attached hydrogen (secondary N) is 3. The first-order chi connectivity index (χ1) is 12.6. The van der Waals surface area contributed by atoms with E-state index in [-0.39, 0.29) is 11.9 Å². The predicted molar refractivity (Wildman–Crippen MR) is 102 cm³/mol. The molecule has 0 unspecified atom stereocenters. The van der Waals surface area contributed by atoms with Gasteiger partial charge in [0.15, 0.2) is 0 Å². The van der Waals surface area contributed by atoms with E-state index in [4.69, 9.17) is 11.6 Å². The molecule has 26 heavy (non-hydrogen) atoms. The molecule has 0 bridgehead atoms. The van der Waals surface area contributed by atoms with E-state index < -0.39 is 0 Å². The van der Waals surface area contributed by atoms with Gasteiger partial charge in [-0.25, -0.2) is 4.79 Å². The maximum atomic E-state index is 12.2. The summed E-state index contributed by atoms with van der Waals surface area (Å²) in [5.74, 6) is 0.489. The van der Waals surface area contributed by atoms with Crippen LogP contribution in [0.25, 0.3) is 0 Å². The van der Waals surface area contributed by atoms with Crippen LogP contribution < -0.4 is 16.0 Å². The minimum absolute atomic E-state index is 0.142. The van der Waals surface area contributed by atoms with Crippen LogP contribution >= 0.6 is 11.6 Å². The molecule has 6 heteroatoms. The molecule has 0 radical (unpaired) electrons. The molecular weight excluding hydrogens is 350 g/mol. The Bertz CT molecular complexity index is 790. The fourth-order valence-corrected chi connectivity index (χ4v) is 2.76. The summed E-state index contributed by atoms with van der Waals surface area (Å²) < 4.78 is 0. The smallest absolute Gasteiger partial charge is 0.315 e. The largest absolute Gasteiger partial charge is 0.348 e. The SMILES string of the molecule is O=C(NCc1cccc(CNC(=O)c2cccc(Cl)c2)c1)NCC1CC1. The van der Waals surface area contributed by atoms with E-state index in [2.05, 4.69) is 16.0 Å². The zero-order chi connectivity index (χ0) is 18.4. The number of carbonyl (C=O) groups excluding carboxylic acids is 2. The van der Waals surface area contributed by atoms with Gasteiger partial charge in [-0.05, 0) is 48.1 Å². The number of rotatable bonds is 7. The second-order valence-corrected chi connectivity index (χ2v) is 6.96. The first-order valence-electron chi connectivity index (χ1n) is 8.73. The van der Waals surface area contributed by atoms with Gasteiger partial charge in [0.25, 0.3) is 5.91 Å². The Hall–Kier alpha value is -2.53. The van der Waals surface area contributed by atoms with Gasteiger partial charge in [-0.3, -0.25) is 4.79 Å². The van der Waals surface area contributed by atoms with Gasteiger partial charge >= 0.3 is 6.03 Å². The Morgan fingerprint density at radius 2 is 1.62 bits per heavy atom. The Labute approximate surface area is 158 Å². The van der Waals surface area contributed by atoms with Crippen molar-refractivity contribution in [2.45, 2.75) is 25.9 Å². The van der Waals surface area contributed by atoms with Gasteiger partial charge in [-0.1, -0.05) is 41.9 Å². The van der Waals surface area contributed by atoms with E-state index in [1.165, 1.54) is 12.8 Å². The normalized spacial score (nSPS) is 13.1. The van der Waals surface area contributed by atoms with E-state index in [9.17, 15) is 9.59 Å². The van der Waals surface area contributed by atoms with Crippen molar-refractivity contribution >= 4 is 23.5 Å². The van der Waals surface area contributed by atoms with Crippen molar-refractivity contribution in [1.82, 2.24) is 16.0 Å². The topological polar surface area (TPSA) is 70.2 Å². The van der Waals surface area contributed by atoms with E-state index >= 15 is 0 Å². The third-order valence-corrected chi connectivity index (χ3v) is 4.47. The van der Waals surface area contributed by atoms with Crippen molar-refractivity contribution in [2.75, 3.05) is 6.54 Å². The summed E-state index contributed by atoms with van der Waals surface area (Å²) in [6.45, 7) is 1.61. The van der Waals surface area contributed by atoms with Gasteiger partial charge < -0.3 is 16.0 Å². The highest BCUT2D eigenvalue weighted by molar-refractivity contribution is 6.30. The minimum Gasteiger partial charge on any atom is -0.348 e. The Morgan fingerprint density at radius 3 is 2.31 bits per heavy atom. The van der Waals surface area contributed by atoms with Crippen molar-refractivity contribution in [2.24, 2.45) is 5.92 Å². The van der Waals surface area contributed by atoms with Gasteiger partial charge in [0.05, 0.1) is 0 Å². The second-order valence-electron chi connectivity index (χ2n) is 6.52. The van der Waals surface area contributed by atoms with Crippen LogP contribution in [0.5, 0.6) is 0 Å². The highest BCUT2D eigenvalue weighted by Gasteiger charge is 2.21. The zero-order valence-electron chi connectivity index (χ0n) is 14.4. The van der Waals surface area contributed by atoms with Gasteiger partial charge in [-0.2, -0.15) is 0 Å². The molecule has 0 heterocycles. The van der Waals surface area contributed by atoms with Crippen LogP contribution in [0.4, 0.5) is 4.79 Å². The van der Waals surface area contributed by atoms with E-state index in [1.54, 1.807) is 24.3 Å². The Balaban J connectivity index is 1.47. The summed E-state index contributed by atoms with van der Waals surface area (Å²) in [5, 5.41) is 9.14. The minimum atomic E-state index is -0.171. The molecule has 1 fully saturated rings. The molecule has 136 valence electrons. The number of halogens is 1. The van der Waals surface area contributed by atoms with Crippen molar-refractivity contribution in [1.29, 1.82) is 0 Å². The number of hydrogen-bond acceptors (Lipinski definition) is 2. The summed E-state index contributed by atoms with van der Waals surface area (Å²) in [6, 6.07) is 14.5. The molecular formula is C20H22ClN3O2. The van der Waals surface area contributed by atoms with Crippen LogP contribution in [0, 0.1) is 5.92 Å². The molecule has 5 nitrogen and oxygen atoms in total. The summed E-state index contributed by atoms with van der Waals surface area (Å²) in [6.07, 6.45) is 2.42. The van der Waals surface area contributed by atoms with Crippen LogP contribution in [0.2, 0.25) is 5.02 Å². The lowest BCUT2D eigenvalue weighted by Crippen LogP contribution is -2.36. The zero-order valence-corrected chi connectivity index (χ0v) is 15.2. The van der Waals surface area contributed by atoms with E-state index in [0.717, 1.165) is 17.7 Å². The van der Waals surface area contributed by atoms with Crippen molar-refractivity contribution < 1.29 is 9.59 Å². The Kier molecular flexibility index (Phi) is 6.12. The molecule has 0 aliphatic heterocycles. The molecule has 0 spiro atoms. The number of carbonyl (C=O) groups is 2. The predicted octanol–water partition coefficient (Wildman–Crippen LogP) is 3.48. The quantitative estimate of drug-likeness (QED) is 0.697. The molecule has 3 rings (SSSR count). The molecule has 1 saturated carbocycles. The number of benzene rings is 2. The second kappa shape index (κ2) is 8.72. The molecule has 3 N–H and O–H groups in total. The monoisotopic (exact) mass is 371 g/mol. The number of amides is 3. The summed E-state index contributed by atoms with van der Waals surface area (Å²) in [4.78, 5) is 23.9. The van der Waals surface area contributed by atoms with Crippen molar-refractivity contribution in [3.05, 3.63) is 70.2 Å². The van der Waals surface area contributed by atoms with Crippen molar-refractivity contribution in [3.8, 4) is 0 Å². The van der Waals surface area contributed by atoms with Gasteiger partial charge in [0.1, 0.15) is 0 Å². The van der Waals surface area contributed by atoms with Crippen LogP contribution in [-0.2, 0) is 13.1 Å². The summed E-state index contributed by atoms with van der Waals surface area (Å²) >= 11 is 5.91. The molecule has 1 aliphatic rings. The molecule has 0 atom stereocenters. The maximum absolute atomic E-state index is 12.2. The first kappa shape index (κ1) is 18.3. The average Bonchev–Trinajstić information content (AvgIpc) is 3.47. The maximum Gasteiger partial charge on any atom is 0.315 e. The third kappa shape index (κ3) is 5.77. The molecule has 3 amide bonds. The van der Waals surface area contributed by atoms with Crippen LogP contribution in [0.1, 0.15) is 34.3 Å². The van der Waals surface area contributed by atoms with Crippen LogP contribution in [0.15, 0.2) is 48.5 Å². The molecule has 2 aromatic rings. The number of hydrogen-bond donors (Lipinski definition) is 3. The molecule has 2 aromatic carbocycles. The summed E-state index contributed by atoms with van der Waals surface area (Å²) in [5.41, 5.74) is 2.49. The highest BCUT2D eigenvalue weighted by Crippen LogP contribution is 2.27. The molecule has 0 saturated heterocycles. The van der Waals surface area contributed by atoms with Crippen LogP contribution in [0.3, 0.4) is 0 Å². The highest BCUT2D eigenvalue weighted by atomic mass is 35.5. The van der Waals surface area contributed by atoms with E-state index in [1.807, 2.05) is 24.3 Å². The summed E-state index contributed by atoms with van der Waals surface area (Å²) in [7, 11) is 0. The van der Waals surface area contributed by atoms with Crippen molar-refractivity contribution in [3.63, 3.8) is 0 Å². The first-order valence-corrected chi connectivity index (χ1v) is 9.11. The van der Waals surface area contributed by atoms with E-state index in [0.29, 0.717) is 29.6 Å². The number of urea groups is 1. The lowest BCUT2D eigenvalue weighted by atomic mass is 10.1. The standard InChI is InChI=1S/C20H22ClN3O2/c21-18-6-2-5-17(10-18)19(25)22-12-15-3-1-4-16(9-15)13-24-20(26)23-11-14-7-8-14/h1-6,9-10,14H,7-8,11-13H2,(H,22,25)(H2,23,24,26). The fourth-order valence-electron chi connectivity index (χ4n) is 2.57. The van der Waals surface area contributed by atoms with Gasteiger partial charge in [-0.15, -0.1) is 0 Å². The van der Waals surface area contributed by atoms with Crippen LogP contribution in [-0.4, -0.2) is 18.5 Å². The lowest BCUT2D eigenvalue weighted by Gasteiger charge is -2.09. The lowest BCUT2D eigenvalue weighted by molar-refractivity contribution is 0.0951. The average molecular weight is 372 g/mol. The van der Waals surface area contributed by atoms with Gasteiger partial charge in [0, 0.05) is 30.2 Å². The Morgan fingerprint density at radius 1 is 0.923 bits per heavy atom. The molecule has 0 aromatic heterocycles. The fraction of sp³-hybridized carbons (Fsp3) is 0.300. The third-order valence-electron chi connectivity index (χ3n) is 4.23. The molecule has 1 aliphatic carbocycles.